The highest BCUT2D eigenvalue weighted by Crippen LogP contribution is 2.22. The summed E-state index contributed by atoms with van der Waals surface area (Å²) >= 11 is 5.76. The van der Waals surface area contributed by atoms with Gasteiger partial charge in [-0.05, 0) is 50.1 Å². The lowest BCUT2D eigenvalue weighted by Gasteiger charge is -2.32. The first kappa shape index (κ1) is 16.3. The number of likely N-dealkylation sites (N-methyl/N-ethyl adjacent to an activating group) is 1. The van der Waals surface area contributed by atoms with Gasteiger partial charge in [-0.25, -0.2) is 0 Å². The molecule has 1 saturated heterocycles. The Kier molecular flexibility index (Phi) is 5.23. The number of nitrogens with one attached hydrogen (secondary N) is 1. The number of hydrogen-bond acceptors (Lipinski definition) is 2. The van der Waals surface area contributed by atoms with E-state index in [-0.39, 0.29) is 5.91 Å². The molecule has 3 rings (SSSR count). The molecule has 124 valence electrons. The zero-order valence-electron chi connectivity index (χ0n) is 13.6. The normalized spacial score (nSPS) is 16.2. The van der Waals surface area contributed by atoms with Crippen molar-refractivity contribution in [1.82, 2.24) is 14.8 Å². The van der Waals surface area contributed by atoms with Gasteiger partial charge >= 0.3 is 0 Å². The quantitative estimate of drug-likeness (QED) is 0.674. The van der Waals surface area contributed by atoms with Crippen LogP contribution in [0.15, 0.2) is 24.4 Å². The zero-order valence-corrected chi connectivity index (χ0v) is 14.4. The summed E-state index contributed by atoms with van der Waals surface area (Å²) in [6, 6.07) is 5.99. The lowest BCUT2D eigenvalue weighted by molar-refractivity contribution is 0.0664. The number of rotatable bonds is 5. The summed E-state index contributed by atoms with van der Waals surface area (Å²) in [5, 5.41) is 1.17. The van der Waals surface area contributed by atoms with Crippen molar-refractivity contribution in [3.63, 3.8) is 0 Å². The van der Waals surface area contributed by atoms with Crippen molar-refractivity contribution in [2.45, 2.75) is 19.3 Å². The zero-order chi connectivity index (χ0) is 16.2. The lowest BCUT2D eigenvalue weighted by atomic mass is 10.0. The van der Waals surface area contributed by atoms with E-state index in [9.17, 15) is 4.79 Å². The number of hydrogen-bond donors (Lipinski definition) is 1. The number of alkyl halides is 1. The van der Waals surface area contributed by atoms with Crippen molar-refractivity contribution in [2.75, 3.05) is 39.1 Å². The van der Waals surface area contributed by atoms with Crippen LogP contribution in [0, 0.1) is 0 Å². The summed E-state index contributed by atoms with van der Waals surface area (Å²) in [4.78, 5) is 20.2. The van der Waals surface area contributed by atoms with Crippen LogP contribution in [0.5, 0.6) is 0 Å². The summed E-state index contributed by atoms with van der Waals surface area (Å²) in [6.45, 7) is 3.51. The molecule has 2 heterocycles. The van der Waals surface area contributed by atoms with Gasteiger partial charge in [0, 0.05) is 54.7 Å². The van der Waals surface area contributed by atoms with Crippen LogP contribution in [0.1, 0.15) is 28.8 Å². The average molecular weight is 334 g/mol. The van der Waals surface area contributed by atoms with Gasteiger partial charge in [-0.3, -0.25) is 4.79 Å². The molecule has 1 aliphatic rings. The summed E-state index contributed by atoms with van der Waals surface area (Å²) in [7, 11) is 2.10. The Morgan fingerprint density at radius 3 is 2.74 bits per heavy atom. The second kappa shape index (κ2) is 7.37. The molecule has 2 aromatic rings. The topological polar surface area (TPSA) is 39.3 Å². The van der Waals surface area contributed by atoms with Gasteiger partial charge in [-0.2, -0.15) is 0 Å². The van der Waals surface area contributed by atoms with Crippen LogP contribution < -0.4 is 0 Å². The van der Waals surface area contributed by atoms with Crippen LogP contribution >= 0.6 is 11.6 Å². The minimum absolute atomic E-state index is 0.146. The summed E-state index contributed by atoms with van der Waals surface area (Å²) < 4.78 is 0. The molecule has 4 nitrogen and oxygen atoms in total. The molecule has 1 fully saturated rings. The molecule has 0 bridgehead atoms. The maximum atomic E-state index is 12.7. The van der Waals surface area contributed by atoms with Crippen LogP contribution in [0.4, 0.5) is 0 Å². The Bertz CT molecular complexity index is 674. The van der Waals surface area contributed by atoms with Gasteiger partial charge in [0.1, 0.15) is 0 Å². The van der Waals surface area contributed by atoms with E-state index in [0.29, 0.717) is 5.88 Å². The number of aryl methyl sites for hydroxylation is 1. The molecule has 1 amide bonds. The maximum Gasteiger partial charge on any atom is 0.253 e. The van der Waals surface area contributed by atoms with E-state index < -0.39 is 0 Å². The first-order valence-corrected chi connectivity index (χ1v) is 8.86. The smallest absolute Gasteiger partial charge is 0.253 e. The fraction of sp³-hybridized carbons (Fsp3) is 0.500. The van der Waals surface area contributed by atoms with Crippen LogP contribution in [-0.4, -0.2) is 59.8 Å². The van der Waals surface area contributed by atoms with E-state index in [1.54, 1.807) is 0 Å². The Labute approximate surface area is 142 Å². The minimum Gasteiger partial charge on any atom is -0.361 e. The minimum atomic E-state index is 0.146. The second-order valence-corrected chi connectivity index (χ2v) is 6.69. The van der Waals surface area contributed by atoms with E-state index in [1.165, 1.54) is 10.9 Å². The predicted octanol–water partition coefficient (Wildman–Crippen LogP) is 3.12. The third-order valence-corrected chi connectivity index (χ3v) is 4.90. The Morgan fingerprint density at radius 2 is 2.00 bits per heavy atom. The molecule has 1 aromatic heterocycles. The monoisotopic (exact) mass is 333 g/mol. The summed E-state index contributed by atoms with van der Waals surface area (Å²) in [6.07, 6.45) is 5.16. The van der Waals surface area contributed by atoms with Crippen molar-refractivity contribution in [2.24, 2.45) is 0 Å². The number of H-pyrrole nitrogens is 1. The molecule has 1 aliphatic heterocycles. The van der Waals surface area contributed by atoms with E-state index >= 15 is 0 Å². The summed E-state index contributed by atoms with van der Waals surface area (Å²) in [5.41, 5.74) is 3.17. The largest absolute Gasteiger partial charge is 0.361 e. The van der Waals surface area contributed by atoms with Crippen LogP contribution in [0.3, 0.4) is 0 Å². The predicted molar refractivity (Wildman–Crippen MR) is 95.4 cm³/mol. The molecule has 0 radical (unpaired) electrons. The van der Waals surface area contributed by atoms with Crippen molar-refractivity contribution >= 4 is 28.4 Å². The van der Waals surface area contributed by atoms with Crippen molar-refractivity contribution in [1.29, 1.82) is 0 Å². The molecule has 1 aromatic carbocycles. The van der Waals surface area contributed by atoms with Gasteiger partial charge in [0.2, 0.25) is 0 Å². The molecule has 0 unspecified atom stereocenters. The molecule has 0 aliphatic carbocycles. The second-order valence-electron chi connectivity index (χ2n) is 6.32. The maximum absolute atomic E-state index is 12.7. The van der Waals surface area contributed by atoms with Crippen molar-refractivity contribution in [3.8, 4) is 0 Å². The van der Waals surface area contributed by atoms with Crippen LogP contribution in [0.25, 0.3) is 10.9 Å². The van der Waals surface area contributed by atoms with E-state index in [1.807, 2.05) is 23.1 Å². The number of piperazine rings is 1. The molecule has 0 saturated carbocycles. The Hall–Kier alpha value is -1.52. The Balaban J connectivity index is 1.78. The highest BCUT2D eigenvalue weighted by molar-refractivity contribution is 6.17. The first-order valence-electron chi connectivity index (χ1n) is 8.33. The average Bonchev–Trinajstić information content (AvgIpc) is 2.97. The van der Waals surface area contributed by atoms with Crippen molar-refractivity contribution < 1.29 is 4.79 Å². The van der Waals surface area contributed by atoms with Gasteiger partial charge in [-0.1, -0.05) is 0 Å². The van der Waals surface area contributed by atoms with E-state index in [4.69, 9.17) is 11.6 Å². The third kappa shape index (κ3) is 3.70. The number of fused-ring (bicyclic) bond motifs is 1. The number of carbonyl (C=O) groups is 1. The van der Waals surface area contributed by atoms with Gasteiger partial charge in [0.05, 0.1) is 0 Å². The number of carbonyl (C=O) groups excluding carboxylic acids is 1. The number of benzene rings is 1. The standard InChI is InChI=1S/C18H24ClN3O/c1-21-8-10-22(11-9-21)18(23)14-5-6-17-16(12-14)15(13-20-17)4-2-3-7-19/h5-6,12-13,20H,2-4,7-11H2,1H3. The molecule has 0 atom stereocenters. The van der Waals surface area contributed by atoms with E-state index in [2.05, 4.69) is 23.1 Å². The fourth-order valence-electron chi connectivity index (χ4n) is 3.12. The molecule has 1 N–H and O–H groups in total. The van der Waals surface area contributed by atoms with Crippen molar-refractivity contribution in [3.05, 3.63) is 35.5 Å². The first-order chi connectivity index (χ1) is 11.2. The lowest BCUT2D eigenvalue weighted by Crippen LogP contribution is -2.47. The number of aromatic amines is 1. The van der Waals surface area contributed by atoms with Gasteiger partial charge in [0.15, 0.2) is 0 Å². The highest BCUT2D eigenvalue weighted by atomic mass is 35.5. The Morgan fingerprint density at radius 1 is 1.22 bits per heavy atom. The summed E-state index contributed by atoms with van der Waals surface area (Å²) in [5.74, 6) is 0.850. The molecular formula is C18H24ClN3O. The molecule has 5 heteroatoms. The molecule has 23 heavy (non-hydrogen) atoms. The van der Waals surface area contributed by atoms with Gasteiger partial charge < -0.3 is 14.8 Å². The van der Waals surface area contributed by atoms with Gasteiger partial charge in [-0.15, -0.1) is 11.6 Å². The number of unbranched alkanes of at least 4 members (excludes halogenated alkanes) is 1. The highest BCUT2D eigenvalue weighted by Gasteiger charge is 2.20. The SMILES string of the molecule is CN1CCN(C(=O)c2ccc3[nH]cc(CCCCCl)c3c2)CC1. The van der Waals surface area contributed by atoms with Gasteiger partial charge in [0.25, 0.3) is 5.91 Å². The fourth-order valence-corrected chi connectivity index (χ4v) is 3.31. The number of amides is 1. The number of halogens is 1. The van der Waals surface area contributed by atoms with Crippen LogP contribution in [0.2, 0.25) is 0 Å². The number of aromatic nitrogens is 1. The van der Waals surface area contributed by atoms with E-state index in [0.717, 1.165) is 56.5 Å². The third-order valence-electron chi connectivity index (χ3n) is 4.63. The molecular weight excluding hydrogens is 310 g/mol. The van der Waals surface area contributed by atoms with Crippen LogP contribution in [-0.2, 0) is 6.42 Å². The molecule has 0 spiro atoms. The number of nitrogens with zero attached hydrogens (tertiary/aromatic N) is 2.